The molecule has 1 aliphatic heterocycles. The van der Waals surface area contributed by atoms with Crippen molar-refractivity contribution >= 4 is 0 Å². The van der Waals surface area contributed by atoms with Crippen LogP contribution < -0.4 is 10.1 Å². The van der Waals surface area contributed by atoms with Gasteiger partial charge in [-0.25, -0.2) is 9.37 Å². The lowest BCUT2D eigenvalue weighted by Gasteiger charge is -2.39. The van der Waals surface area contributed by atoms with Gasteiger partial charge in [-0.1, -0.05) is 44.2 Å². The highest BCUT2D eigenvalue weighted by Crippen LogP contribution is 2.56. The van der Waals surface area contributed by atoms with E-state index >= 15 is 4.39 Å². The molecule has 2 heterocycles. The fourth-order valence-corrected chi connectivity index (χ4v) is 5.81. The predicted octanol–water partition coefficient (Wildman–Crippen LogP) is 6.45. The lowest BCUT2D eigenvalue weighted by atomic mass is 9.74. The van der Waals surface area contributed by atoms with Gasteiger partial charge in [0.2, 0.25) is 5.88 Å². The van der Waals surface area contributed by atoms with Crippen LogP contribution in [0.1, 0.15) is 71.2 Å². The Morgan fingerprint density at radius 3 is 2.71 bits per heavy atom. The average molecular weight is 483 g/mol. The van der Waals surface area contributed by atoms with Crippen molar-refractivity contribution in [1.82, 2.24) is 10.3 Å². The van der Waals surface area contributed by atoms with Gasteiger partial charge in [-0.05, 0) is 53.0 Å². The van der Waals surface area contributed by atoms with Gasteiger partial charge < -0.3 is 10.1 Å². The summed E-state index contributed by atoms with van der Waals surface area (Å²) in [6.07, 6.45) is -0.407. The van der Waals surface area contributed by atoms with Gasteiger partial charge in [-0.15, -0.1) is 0 Å². The zero-order valence-corrected chi connectivity index (χ0v) is 19.5. The van der Waals surface area contributed by atoms with Gasteiger partial charge in [-0.3, -0.25) is 0 Å². The molecule has 3 aliphatic rings. The molecule has 7 heteroatoms. The number of aromatic nitrogens is 1. The first-order valence-electron chi connectivity index (χ1n) is 12.0. The number of rotatable bonds is 4. The molecule has 1 fully saturated rings. The van der Waals surface area contributed by atoms with Crippen LogP contribution in [0.4, 0.5) is 17.6 Å². The number of halogens is 4. The largest absolute Gasteiger partial charge is 0.473 e. The SMILES string of the molecule is CC1(C)CNC(c2ccccc2C(F)(F)F)c2c1ccc(COc1cc3c(cn1)[C@@H]1CC1C3)c2F. The molecule has 0 spiro atoms. The Labute approximate surface area is 201 Å². The molecule has 0 bridgehead atoms. The molecule has 0 radical (unpaired) electrons. The number of alkyl halides is 3. The molecule has 3 nitrogen and oxygen atoms in total. The van der Waals surface area contributed by atoms with E-state index in [-0.39, 0.29) is 17.7 Å². The van der Waals surface area contributed by atoms with Crippen molar-refractivity contribution < 1.29 is 22.3 Å². The Kier molecular flexibility index (Phi) is 5.01. The van der Waals surface area contributed by atoms with E-state index < -0.39 is 29.0 Å². The van der Waals surface area contributed by atoms with Crippen molar-refractivity contribution in [2.24, 2.45) is 5.92 Å². The van der Waals surface area contributed by atoms with Gasteiger partial charge in [0.25, 0.3) is 0 Å². The van der Waals surface area contributed by atoms with E-state index in [4.69, 9.17) is 4.74 Å². The molecule has 1 aromatic heterocycles. The lowest BCUT2D eigenvalue weighted by Crippen LogP contribution is -2.43. The van der Waals surface area contributed by atoms with Crippen molar-refractivity contribution in [2.45, 2.75) is 56.8 Å². The highest BCUT2D eigenvalue weighted by Gasteiger charge is 2.45. The smallest absolute Gasteiger partial charge is 0.416 e. The van der Waals surface area contributed by atoms with Crippen molar-refractivity contribution in [3.05, 3.63) is 93.4 Å². The van der Waals surface area contributed by atoms with Crippen molar-refractivity contribution in [2.75, 3.05) is 6.54 Å². The molecule has 182 valence electrons. The number of ether oxygens (including phenoxy) is 1. The molecule has 2 aliphatic carbocycles. The van der Waals surface area contributed by atoms with Crippen molar-refractivity contribution in [3.8, 4) is 5.88 Å². The Balaban J connectivity index is 1.35. The summed E-state index contributed by atoms with van der Waals surface area (Å²) < 4.78 is 63.3. The highest BCUT2D eigenvalue weighted by molar-refractivity contribution is 5.49. The predicted molar refractivity (Wildman–Crippen MR) is 124 cm³/mol. The minimum atomic E-state index is -4.54. The molecular formula is C28H26F4N2O. The molecule has 1 N–H and O–H groups in total. The van der Waals surface area contributed by atoms with E-state index in [1.807, 2.05) is 32.2 Å². The van der Waals surface area contributed by atoms with E-state index in [1.165, 1.54) is 29.7 Å². The molecule has 2 unspecified atom stereocenters. The number of hydrogen-bond donors (Lipinski definition) is 1. The van der Waals surface area contributed by atoms with Crippen LogP contribution in [0.15, 0.2) is 48.7 Å². The standard InChI is InChI=1S/C28H26F4N2O/c1-27(2)14-34-26(18-5-3-4-6-21(18)28(30,31)32)24-22(27)8-7-15(25(24)29)13-35-23-11-17-9-16-10-19(16)20(17)12-33-23/h3-8,11-12,16,19,26,34H,9-10,13-14H2,1-2H3/t16?,19-,26?/m1/s1. The van der Waals surface area contributed by atoms with Gasteiger partial charge in [0, 0.05) is 35.3 Å². The summed E-state index contributed by atoms with van der Waals surface area (Å²) in [7, 11) is 0. The molecular weight excluding hydrogens is 456 g/mol. The van der Waals surface area contributed by atoms with Gasteiger partial charge in [0.05, 0.1) is 11.6 Å². The summed E-state index contributed by atoms with van der Waals surface area (Å²) in [5.41, 5.74) is 2.61. The first-order chi connectivity index (χ1) is 16.6. The van der Waals surface area contributed by atoms with Crippen LogP contribution in [-0.2, 0) is 24.6 Å². The van der Waals surface area contributed by atoms with E-state index in [1.54, 1.807) is 12.1 Å². The Morgan fingerprint density at radius 1 is 1.11 bits per heavy atom. The third-order valence-electron chi connectivity index (χ3n) is 7.78. The maximum atomic E-state index is 16.0. The van der Waals surface area contributed by atoms with Crippen LogP contribution in [0.25, 0.3) is 0 Å². The Morgan fingerprint density at radius 2 is 1.91 bits per heavy atom. The van der Waals surface area contributed by atoms with E-state index in [0.29, 0.717) is 29.5 Å². The van der Waals surface area contributed by atoms with Gasteiger partial charge in [0.15, 0.2) is 0 Å². The highest BCUT2D eigenvalue weighted by atomic mass is 19.4. The third kappa shape index (κ3) is 3.80. The van der Waals surface area contributed by atoms with Gasteiger partial charge in [-0.2, -0.15) is 13.2 Å². The number of hydrogen-bond acceptors (Lipinski definition) is 3. The Hall–Kier alpha value is -2.93. The zero-order valence-electron chi connectivity index (χ0n) is 19.5. The topological polar surface area (TPSA) is 34.1 Å². The zero-order chi connectivity index (χ0) is 24.5. The van der Waals surface area contributed by atoms with E-state index in [2.05, 4.69) is 10.3 Å². The van der Waals surface area contributed by atoms with Crippen LogP contribution in [0.2, 0.25) is 0 Å². The summed E-state index contributed by atoms with van der Waals surface area (Å²) in [6.45, 7) is 4.29. The molecule has 2 aromatic carbocycles. The maximum Gasteiger partial charge on any atom is 0.416 e. The normalized spacial score (nSPS) is 23.9. The molecule has 1 saturated carbocycles. The van der Waals surface area contributed by atoms with Crippen molar-refractivity contribution in [1.29, 1.82) is 0 Å². The van der Waals surface area contributed by atoms with E-state index in [9.17, 15) is 13.2 Å². The Bertz CT molecular complexity index is 1320. The first kappa shape index (κ1) is 22.5. The molecule has 6 rings (SSSR count). The number of benzene rings is 2. The number of pyridine rings is 1. The third-order valence-corrected chi connectivity index (χ3v) is 7.78. The second kappa shape index (κ2) is 7.79. The van der Waals surface area contributed by atoms with Crippen LogP contribution in [0, 0.1) is 11.7 Å². The number of nitrogens with one attached hydrogen (secondary N) is 1. The fourth-order valence-electron chi connectivity index (χ4n) is 5.81. The molecule has 35 heavy (non-hydrogen) atoms. The molecule has 3 atom stereocenters. The monoisotopic (exact) mass is 482 g/mol. The van der Waals surface area contributed by atoms with Crippen LogP contribution >= 0.6 is 0 Å². The van der Waals surface area contributed by atoms with E-state index in [0.717, 1.165) is 18.4 Å². The van der Waals surface area contributed by atoms with Crippen LogP contribution in [-0.4, -0.2) is 11.5 Å². The molecule has 0 amide bonds. The van der Waals surface area contributed by atoms with Gasteiger partial charge >= 0.3 is 6.18 Å². The molecule has 3 aromatic rings. The second-order valence-electron chi connectivity index (χ2n) is 10.6. The summed E-state index contributed by atoms with van der Waals surface area (Å²) in [6, 6.07) is 9.90. The van der Waals surface area contributed by atoms with Crippen LogP contribution in [0.5, 0.6) is 5.88 Å². The lowest BCUT2D eigenvalue weighted by molar-refractivity contribution is -0.138. The number of nitrogens with zero attached hydrogens (tertiary/aromatic N) is 1. The minimum absolute atomic E-state index is 0.0209. The summed E-state index contributed by atoms with van der Waals surface area (Å²) in [5, 5.41) is 3.18. The molecule has 0 saturated heterocycles. The fraction of sp³-hybridized carbons (Fsp3) is 0.393. The summed E-state index contributed by atoms with van der Waals surface area (Å²) in [4.78, 5) is 4.40. The first-order valence-corrected chi connectivity index (χ1v) is 12.0. The maximum absolute atomic E-state index is 16.0. The average Bonchev–Trinajstić information content (AvgIpc) is 3.49. The van der Waals surface area contributed by atoms with Crippen molar-refractivity contribution in [3.63, 3.8) is 0 Å². The van der Waals surface area contributed by atoms with Gasteiger partial charge in [0.1, 0.15) is 12.4 Å². The summed E-state index contributed by atoms with van der Waals surface area (Å²) in [5.74, 6) is 1.27. The minimum Gasteiger partial charge on any atom is -0.473 e. The quantitative estimate of drug-likeness (QED) is 0.434. The second-order valence-corrected chi connectivity index (χ2v) is 10.6. The number of fused-ring (bicyclic) bond motifs is 4. The van der Waals surface area contributed by atoms with Crippen LogP contribution in [0.3, 0.4) is 0 Å². The summed E-state index contributed by atoms with van der Waals surface area (Å²) >= 11 is 0.